The fraction of sp³-hybridized carbons (Fsp3) is 0.400. The quantitative estimate of drug-likeness (QED) is 0.743. The molecule has 17 heavy (non-hydrogen) atoms. The number of esters is 1. The van der Waals surface area contributed by atoms with Crippen LogP contribution in [-0.2, 0) is 9.53 Å². The van der Waals surface area contributed by atoms with Crippen molar-refractivity contribution in [2.75, 3.05) is 6.61 Å². The fourth-order valence-electron chi connectivity index (χ4n) is 3.15. The molecule has 0 N–H and O–H groups in total. The van der Waals surface area contributed by atoms with Crippen LogP contribution in [0.3, 0.4) is 0 Å². The largest absolute Gasteiger partial charge is 0.465 e. The summed E-state index contributed by atoms with van der Waals surface area (Å²) in [6.07, 6.45) is 5.17. The molecule has 3 atom stereocenters. The van der Waals surface area contributed by atoms with Crippen molar-refractivity contribution in [3.63, 3.8) is 0 Å². The van der Waals surface area contributed by atoms with Crippen molar-refractivity contribution in [1.82, 2.24) is 0 Å². The van der Waals surface area contributed by atoms with Gasteiger partial charge in [-0.05, 0) is 11.5 Å². The van der Waals surface area contributed by atoms with E-state index in [1.807, 2.05) is 30.3 Å². The molecule has 88 valence electrons. The van der Waals surface area contributed by atoms with E-state index in [4.69, 9.17) is 4.74 Å². The molecule has 1 saturated carbocycles. The Hall–Kier alpha value is -1.57. The molecule has 0 amide bonds. The van der Waals surface area contributed by atoms with E-state index in [9.17, 15) is 4.79 Å². The van der Waals surface area contributed by atoms with Crippen LogP contribution in [0.25, 0.3) is 6.08 Å². The standard InChI is InChI=1S/C15H16O2/c1-2-12-13-10-17-14(16)15(12,13)9-8-11-6-4-3-5-7-11/h3-9,12-13H,2,10H2,1H3/b9-8+/t12-,13+,15-/m0/s1. The lowest BCUT2D eigenvalue weighted by Gasteiger charge is -2.07. The maximum Gasteiger partial charge on any atom is 0.316 e. The zero-order valence-electron chi connectivity index (χ0n) is 9.93. The van der Waals surface area contributed by atoms with Crippen LogP contribution in [0.2, 0.25) is 0 Å². The van der Waals surface area contributed by atoms with E-state index in [2.05, 4.69) is 19.1 Å². The number of carbonyl (C=O) groups excluding carboxylic acids is 1. The number of ether oxygens (including phenoxy) is 1. The summed E-state index contributed by atoms with van der Waals surface area (Å²) < 4.78 is 5.15. The predicted octanol–water partition coefficient (Wildman–Crippen LogP) is 2.90. The highest BCUT2D eigenvalue weighted by atomic mass is 16.5. The van der Waals surface area contributed by atoms with Crippen LogP contribution >= 0.6 is 0 Å². The highest BCUT2D eigenvalue weighted by Gasteiger charge is 2.71. The van der Waals surface area contributed by atoms with Crippen molar-refractivity contribution in [3.8, 4) is 0 Å². The van der Waals surface area contributed by atoms with E-state index in [1.54, 1.807) is 0 Å². The number of cyclic esters (lactones) is 1. The summed E-state index contributed by atoms with van der Waals surface area (Å²) >= 11 is 0. The monoisotopic (exact) mass is 228 g/mol. The van der Waals surface area contributed by atoms with E-state index in [1.165, 1.54) is 0 Å². The molecule has 0 aromatic heterocycles. The molecule has 1 aliphatic heterocycles. The SMILES string of the molecule is CC[C@H]1[C@H]2COC(=O)[C@]21/C=C/c1ccccc1. The molecule has 1 heterocycles. The van der Waals surface area contributed by atoms with Gasteiger partial charge in [-0.1, -0.05) is 55.8 Å². The summed E-state index contributed by atoms with van der Waals surface area (Å²) in [4.78, 5) is 11.9. The summed E-state index contributed by atoms with van der Waals surface area (Å²) in [7, 11) is 0. The molecule has 0 radical (unpaired) electrons. The Morgan fingerprint density at radius 3 is 2.82 bits per heavy atom. The molecule has 1 aromatic carbocycles. The van der Waals surface area contributed by atoms with Gasteiger partial charge in [0.25, 0.3) is 0 Å². The second kappa shape index (κ2) is 3.73. The van der Waals surface area contributed by atoms with Crippen molar-refractivity contribution in [3.05, 3.63) is 42.0 Å². The maximum absolute atomic E-state index is 11.9. The third-order valence-electron chi connectivity index (χ3n) is 4.14. The number of hydrogen-bond donors (Lipinski definition) is 0. The third-order valence-corrected chi connectivity index (χ3v) is 4.14. The summed E-state index contributed by atoms with van der Waals surface area (Å²) in [5.41, 5.74) is 0.840. The van der Waals surface area contributed by atoms with Crippen LogP contribution in [0.4, 0.5) is 0 Å². The Balaban J connectivity index is 1.85. The Morgan fingerprint density at radius 2 is 2.18 bits per heavy atom. The topological polar surface area (TPSA) is 26.3 Å². The van der Waals surface area contributed by atoms with Gasteiger partial charge in [-0.25, -0.2) is 0 Å². The van der Waals surface area contributed by atoms with Crippen molar-refractivity contribution in [2.24, 2.45) is 17.3 Å². The number of carbonyl (C=O) groups is 1. The molecule has 1 saturated heterocycles. The van der Waals surface area contributed by atoms with Crippen LogP contribution in [0, 0.1) is 17.3 Å². The minimum Gasteiger partial charge on any atom is -0.465 e. The number of benzene rings is 1. The van der Waals surface area contributed by atoms with Gasteiger partial charge in [0.15, 0.2) is 0 Å². The smallest absolute Gasteiger partial charge is 0.316 e. The first-order valence-electron chi connectivity index (χ1n) is 6.20. The number of fused-ring (bicyclic) bond motifs is 1. The van der Waals surface area contributed by atoms with Gasteiger partial charge in [-0.2, -0.15) is 0 Å². The zero-order valence-corrected chi connectivity index (χ0v) is 9.93. The summed E-state index contributed by atoms with van der Waals surface area (Å²) in [5, 5.41) is 0. The van der Waals surface area contributed by atoms with Crippen LogP contribution < -0.4 is 0 Å². The number of hydrogen-bond acceptors (Lipinski definition) is 2. The van der Waals surface area contributed by atoms with Crippen LogP contribution in [0.15, 0.2) is 36.4 Å². The van der Waals surface area contributed by atoms with E-state index >= 15 is 0 Å². The first kappa shape index (κ1) is 10.6. The lowest BCUT2D eigenvalue weighted by Crippen LogP contribution is -2.14. The van der Waals surface area contributed by atoms with E-state index in [0.29, 0.717) is 18.4 Å². The minimum atomic E-state index is -0.301. The molecule has 1 aromatic rings. The molecule has 0 spiro atoms. The Kier molecular flexibility index (Phi) is 2.32. The van der Waals surface area contributed by atoms with Gasteiger partial charge in [-0.15, -0.1) is 0 Å². The first-order chi connectivity index (χ1) is 8.29. The van der Waals surface area contributed by atoms with Crippen LogP contribution in [-0.4, -0.2) is 12.6 Å². The van der Waals surface area contributed by atoms with Crippen LogP contribution in [0.1, 0.15) is 18.9 Å². The van der Waals surface area contributed by atoms with Crippen molar-refractivity contribution in [1.29, 1.82) is 0 Å². The average molecular weight is 228 g/mol. The van der Waals surface area contributed by atoms with E-state index < -0.39 is 0 Å². The van der Waals surface area contributed by atoms with E-state index in [-0.39, 0.29) is 11.4 Å². The number of rotatable bonds is 3. The lowest BCUT2D eigenvalue weighted by molar-refractivity contribution is -0.144. The molecule has 2 fully saturated rings. The minimum absolute atomic E-state index is 0.0264. The lowest BCUT2D eigenvalue weighted by atomic mass is 10.0. The normalized spacial score (nSPS) is 34.8. The fourth-order valence-corrected chi connectivity index (χ4v) is 3.15. The van der Waals surface area contributed by atoms with Gasteiger partial charge in [0.1, 0.15) is 0 Å². The first-order valence-corrected chi connectivity index (χ1v) is 6.20. The Labute approximate surface area is 101 Å². The molecule has 2 heteroatoms. The van der Waals surface area contributed by atoms with Gasteiger partial charge >= 0.3 is 5.97 Å². The predicted molar refractivity (Wildman–Crippen MR) is 66.1 cm³/mol. The zero-order chi connectivity index (χ0) is 11.9. The molecule has 2 aliphatic rings. The second-order valence-electron chi connectivity index (χ2n) is 4.90. The molecule has 3 rings (SSSR count). The summed E-state index contributed by atoms with van der Waals surface area (Å²) in [5.74, 6) is 0.880. The van der Waals surface area contributed by atoms with Gasteiger partial charge in [0.05, 0.1) is 12.0 Å². The highest BCUT2D eigenvalue weighted by molar-refractivity contribution is 5.87. The molecule has 2 nitrogen and oxygen atoms in total. The summed E-state index contributed by atoms with van der Waals surface area (Å²) in [6.45, 7) is 2.75. The third kappa shape index (κ3) is 1.43. The van der Waals surface area contributed by atoms with Gasteiger partial charge in [-0.3, -0.25) is 4.79 Å². The van der Waals surface area contributed by atoms with Crippen molar-refractivity contribution >= 4 is 12.0 Å². The molecule has 0 unspecified atom stereocenters. The molecule has 0 bridgehead atoms. The maximum atomic E-state index is 11.9. The van der Waals surface area contributed by atoms with Gasteiger partial charge in [0, 0.05) is 5.92 Å². The van der Waals surface area contributed by atoms with Crippen LogP contribution in [0.5, 0.6) is 0 Å². The second-order valence-corrected chi connectivity index (χ2v) is 4.90. The molecule has 1 aliphatic carbocycles. The Bertz CT molecular complexity index is 457. The summed E-state index contributed by atoms with van der Waals surface area (Å²) in [6, 6.07) is 10.1. The van der Waals surface area contributed by atoms with Gasteiger partial charge in [0.2, 0.25) is 0 Å². The van der Waals surface area contributed by atoms with Gasteiger partial charge < -0.3 is 4.74 Å². The average Bonchev–Trinajstić information content (AvgIpc) is 2.91. The molecular formula is C15H16O2. The highest BCUT2D eigenvalue weighted by Crippen LogP contribution is 2.65. The van der Waals surface area contributed by atoms with E-state index in [0.717, 1.165) is 12.0 Å². The molecular weight excluding hydrogens is 212 g/mol. The van der Waals surface area contributed by atoms with Crippen molar-refractivity contribution < 1.29 is 9.53 Å². The van der Waals surface area contributed by atoms with Crippen molar-refractivity contribution in [2.45, 2.75) is 13.3 Å². The Morgan fingerprint density at radius 1 is 1.41 bits per heavy atom.